The van der Waals surface area contributed by atoms with Crippen molar-refractivity contribution in [1.82, 2.24) is 10.1 Å². The Hall–Kier alpha value is -2.12. The van der Waals surface area contributed by atoms with Crippen molar-refractivity contribution in [3.63, 3.8) is 0 Å². The first-order valence-corrected chi connectivity index (χ1v) is 8.61. The number of hydrogen-bond acceptors (Lipinski definition) is 6. The molecular formula is C15H13N3O2S2. The van der Waals surface area contributed by atoms with Crippen LogP contribution in [0.3, 0.4) is 0 Å². The molecule has 0 atom stereocenters. The molecule has 0 aliphatic carbocycles. The van der Waals surface area contributed by atoms with Crippen LogP contribution in [0.2, 0.25) is 0 Å². The third kappa shape index (κ3) is 3.20. The Bertz CT molecular complexity index is 793. The Morgan fingerprint density at radius 3 is 2.73 bits per heavy atom. The van der Waals surface area contributed by atoms with Crippen LogP contribution in [0.15, 0.2) is 45.1 Å². The van der Waals surface area contributed by atoms with E-state index in [0.29, 0.717) is 10.8 Å². The second kappa shape index (κ2) is 6.33. The van der Waals surface area contributed by atoms with E-state index >= 15 is 0 Å². The zero-order valence-corrected chi connectivity index (χ0v) is 13.6. The average Bonchev–Trinajstić information content (AvgIpc) is 3.16. The van der Waals surface area contributed by atoms with E-state index in [4.69, 9.17) is 4.52 Å². The van der Waals surface area contributed by atoms with E-state index < -0.39 is 0 Å². The molecule has 0 radical (unpaired) electrons. The van der Waals surface area contributed by atoms with Gasteiger partial charge in [-0.25, -0.2) is 4.98 Å². The lowest BCUT2D eigenvalue weighted by Gasteiger charge is -1.99. The number of anilines is 1. The Morgan fingerprint density at radius 1 is 1.32 bits per heavy atom. The van der Waals surface area contributed by atoms with Crippen molar-refractivity contribution in [2.24, 2.45) is 0 Å². The number of thiazole rings is 1. The Balaban J connectivity index is 1.74. The molecule has 0 aliphatic heterocycles. The molecule has 0 saturated carbocycles. The largest absolute Gasteiger partial charge is 0.351 e. The summed E-state index contributed by atoms with van der Waals surface area (Å²) >= 11 is 3.07. The third-order valence-electron chi connectivity index (χ3n) is 2.96. The first-order chi connectivity index (χ1) is 10.7. The van der Waals surface area contributed by atoms with E-state index in [0.717, 1.165) is 11.3 Å². The van der Waals surface area contributed by atoms with E-state index in [-0.39, 0.29) is 11.7 Å². The highest BCUT2D eigenvalue weighted by atomic mass is 32.2. The number of aromatic nitrogens is 2. The summed E-state index contributed by atoms with van der Waals surface area (Å²) in [4.78, 5) is 17.6. The molecule has 5 nitrogen and oxygen atoms in total. The van der Waals surface area contributed by atoms with Crippen LogP contribution in [-0.2, 0) is 0 Å². The van der Waals surface area contributed by atoms with Gasteiger partial charge in [-0.05, 0) is 25.3 Å². The monoisotopic (exact) mass is 331 g/mol. The van der Waals surface area contributed by atoms with E-state index in [2.05, 4.69) is 27.6 Å². The van der Waals surface area contributed by atoms with Gasteiger partial charge in [0.05, 0.1) is 11.4 Å². The standard InChI is InChI=1S/C15H13N3O2S2/c1-9-7-13(20-18-9)14(19)17-15-16-12(8-22-15)10-3-5-11(21-2)6-4-10/h3-8H,1-2H3,(H,16,17,19). The van der Waals surface area contributed by atoms with E-state index in [1.807, 2.05) is 23.8 Å². The van der Waals surface area contributed by atoms with Crippen molar-refractivity contribution in [2.45, 2.75) is 11.8 Å². The van der Waals surface area contributed by atoms with Crippen molar-refractivity contribution in [2.75, 3.05) is 11.6 Å². The maximum absolute atomic E-state index is 12.0. The van der Waals surface area contributed by atoms with Crippen molar-refractivity contribution in [3.8, 4) is 11.3 Å². The van der Waals surface area contributed by atoms with Gasteiger partial charge in [0.1, 0.15) is 0 Å². The van der Waals surface area contributed by atoms with Crippen molar-refractivity contribution in [1.29, 1.82) is 0 Å². The van der Waals surface area contributed by atoms with Crippen LogP contribution < -0.4 is 5.32 Å². The predicted octanol–water partition coefficient (Wildman–Crippen LogP) is 4.08. The molecule has 22 heavy (non-hydrogen) atoms. The quantitative estimate of drug-likeness (QED) is 0.730. The van der Waals surface area contributed by atoms with Crippen molar-refractivity contribution in [3.05, 3.63) is 47.2 Å². The summed E-state index contributed by atoms with van der Waals surface area (Å²) in [6, 6.07) is 9.73. The maximum Gasteiger partial charge on any atom is 0.296 e. The van der Waals surface area contributed by atoms with Gasteiger partial charge in [0.25, 0.3) is 5.91 Å². The molecule has 0 aliphatic rings. The number of amides is 1. The topological polar surface area (TPSA) is 68.0 Å². The lowest BCUT2D eigenvalue weighted by molar-refractivity contribution is 0.0988. The smallest absolute Gasteiger partial charge is 0.296 e. The number of carbonyl (C=O) groups excluding carboxylic acids is 1. The van der Waals surface area contributed by atoms with Crippen LogP contribution in [0.25, 0.3) is 11.3 Å². The molecule has 0 fully saturated rings. The van der Waals surface area contributed by atoms with Crippen LogP contribution in [0.4, 0.5) is 5.13 Å². The van der Waals surface area contributed by atoms with Gasteiger partial charge < -0.3 is 4.52 Å². The van der Waals surface area contributed by atoms with Gasteiger partial charge in [-0.3, -0.25) is 10.1 Å². The summed E-state index contributed by atoms with van der Waals surface area (Å²) in [7, 11) is 0. The van der Waals surface area contributed by atoms with Gasteiger partial charge in [0, 0.05) is 21.9 Å². The minimum Gasteiger partial charge on any atom is -0.351 e. The maximum atomic E-state index is 12.0. The van der Waals surface area contributed by atoms with Crippen LogP contribution in [0.1, 0.15) is 16.2 Å². The number of thioether (sulfide) groups is 1. The summed E-state index contributed by atoms with van der Waals surface area (Å²) < 4.78 is 4.93. The lowest BCUT2D eigenvalue weighted by atomic mass is 10.2. The number of carbonyl (C=O) groups is 1. The van der Waals surface area contributed by atoms with Gasteiger partial charge in [-0.2, -0.15) is 0 Å². The van der Waals surface area contributed by atoms with Gasteiger partial charge in [-0.15, -0.1) is 23.1 Å². The van der Waals surface area contributed by atoms with Crippen LogP contribution >= 0.6 is 23.1 Å². The Kier molecular flexibility index (Phi) is 4.26. The van der Waals surface area contributed by atoms with Gasteiger partial charge in [0.15, 0.2) is 5.13 Å². The number of aryl methyl sites for hydroxylation is 1. The average molecular weight is 331 g/mol. The van der Waals surface area contributed by atoms with Crippen LogP contribution in [-0.4, -0.2) is 22.3 Å². The third-order valence-corrected chi connectivity index (χ3v) is 4.46. The highest BCUT2D eigenvalue weighted by Crippen LogP contribution is 2.27. The second-order valence-electron chi connectivity index (χ2n) is 4.55. The van der Waals surface area contributed by atoms with E-state index in [1.54, 1.807) is 24.8 Å². The number of benzene rings is 1. The minimum atomic E-state index is -0.348. The number of nitrogens with one attached hydrogen (secondary N) is 1. The number of hydrogen-bond donors (Lipinski definition) is 1. The van der Waals surface area contributed by atoms with Crippen molar-refractivity contribution < 1.29 is 9.32 Å². The summed E-state index contributed by atoms with van der Waals surface area (Å²) in [5.41, 5.74) is 2.52. The molecule has 1 N–H and O–H groups in total. The molecule has 0 unspecified atom stereocenters. The molecular weight excluding hydrogens is 318 g/mol. The number of nitrogens with zero attached hydrogens (tertiary/aromatic N) is 2. The first-order valence-electron chi connectivity index (χ1n) is 6.50. The van der Waals surface area contributed by atoms with E-state index in [1.165, 1.54) is 16.2 Å². The van der Waals surface area contributed by atoms with Crippen LogP contribution in [0, 0.1) is 6.92 Å². The first kappa shape index (κ1) is 14.8. The SMILES string of the molecule is CSc1ccc(-c2csc(NC(=O)c3cc(C)no3)n2)cc1. The number of rotatable bonds is 4. The molecule has 2 heterocycles. The molecule has 3 rings (SSSR count). The Morgan fingerprint density at radius 2 is 2.09 bits per heavy atom. The zero-order chi connectivity index (χ0) is 15.5. The van der Waals surface area contributed by atoms with Crippen molar-refractivity contribution >= 4 is 34.1 Å². The Labute approximate surface area is 135 Å². The molecule has 2 aromatic heterocycles. The summed E-state index contributed by atoms with van der Waals surface area (Å²) in [5.74, 6) is -0.169. The molecule has 1 aromatic carbocycles. The molecule has 7 heteroatoms. The summed E-state index contributed by atoms with van der Waals surface area (Å²) in [6.07, 6.45) is 2.04. The highest BCUT2D eigenvalue weighted by molar-refractivity contribution is 7.98. The predicted molar refractivity (Wildman–Crippen MR) is 88.5 cm³/mol. The highest BCUT2D eigenvalue weighted by Gasteiger charge is 2.14. The van der Waals surface area contributed by atoms with E-state index in [9.17, 15) is 4.79 Å². The minimum absolute atomic E-state index is 0.179. The second-order valence-corrected chi connectivity index (χ2v) is 6.29. The summed E-state index contributed by atoms with van der Waals surface area (Å²) in [5, 5.41) is 8.85. The molecule has 0 saturated heterocycles. The van der Waals surface area contributed by atoms with Crippen LogP contribution in [0.5, 0.6) is 0 Å². The molecule has 0 bridgehead atoms. The fourth-order valence-corrected chi connectivity index (χ4v) is 2.98. The normalized spacial score (nSPS) is 10.6. The summed E-state index contributed by atoms with van der Waals surface area (Å²) in [6.45, 7) is 1.76. The molecule has 3 aromatic rings. The van der Waals surface area contributed by atoms with Gasteiger partial charge >= 0.3 is 0 Å². The van der Waals surface area contributed by atoms with Gasteiger partial charge in [-0.1, -0.05) is 17.3 Å². The molecule has 112 valence electrons. The fourth-order valence-electron chi connectivity index (χ4n) is 1.85. The molecule has 1 amide bonds. The molecule has 0 spiro atoms. The fraction of sp³-hybridized carbons (Fsp3) is 0.133. The lowest BCUT2D eigenvalue weighted by Crippen LogP contribution is -2.10. The van der Waals surface area contributed by atoms with Gasteiger partial charge in [0.2, 0.25) is 5.76 Å². The zero-order valence-electron chi connectivity index (χ0n) is 12.0.